The van der Waals surface area contributed by atoms with Gasteiger partial charge < -0.3 is 15.7 Å². The summed E-state index contributed by atoms with van der Waals surface area (Å²) >= 11 is 0. The van der Waals surface area contributed by atoms with Crippen LogP contribution in [-0.2, 0) is 4.79 Å². The van der Waals surface area contributed by atoms with Gasteiger partial charge >= 0.3 is 0 Å². The van der Waals surface area contributed by atoms with Crippen LogP contribution in [-0.4, -0.2) is 35.1 Å². The Bertz CT molecular complexity index is 462. The zero-order valence-electron chi connectivity index (χ0n) is 12.1. The Kier molecular flexibility index (Phi) is 5.01. The topological polar surface area (TPSA) is 66.6 Å². The highest BCUT2D eigenvalue weighted by molar-refractivity contribution is 5.84. The minimum Gasteiger partial charge on any atom is -0.399 e. The third-order valence-electron chi connectivity index (χ3n) is 4.14. The van der Waals surface area contributed by atoms with Crippen LogP contribution in [0.4, 0.5) is 5.69 Å². The number of anilines is 1. The first kappa shape index (κ1) is 14.9. The molecule has 2 rings (SSSR count). The Balaban J connectivity index is 2.06. The maximum atomic E-state index is 12.7. The molecular formula is C16H24N2O2. The number of likely N-dealkylation sites (tertiary alicyclic amines) is 1. The number of nitrogens with zero attached hydrogens (tertiary/aromatic N) is 1. The van der Waals surface area contributed by atoms with E-state index in [9.17, 15) is 4.79 Å². The van der Waals surface area contributed by atoms with Crippen molar-refractivity contribution in [2.75, 3.05) is 18.9 Å². The zero-order valence-corrected chi connectivity index (χ0v) is 12.1. The molecule has 2 unspecified atom stereocenters. The van der Waals surface area contributed by atoms with Gasteiger partial charge in [-0.25, -0.2) is 0 Å². The first-order valence-electron chi connectivity index (χ1n) is 7.40. The van der Waals surface area contributed by atoms with Crippen LogP contribution in [0.5, 0.6) is 0 Å². The molecule has 0 saturated carbocycles. The van der Waals surface area contributed by atoms with Gasteiger partial charge in [0.25, 0.3) is 0 Å². The predicted octanol–water partition coefficient (Wildman–Crippen LogP) is 2.14. The second-order valence-corrected chi connectivity index (χ2v) is 5.59. The Hall–Kier alpha value is -1.55. The number of carbonyl (C=O) groups is 1. The van der Waals surface area contributed by atoms with Crippen molar-refractivity contribution in [1.29, 1.82) is 0 Å². The van der Waals surface area contributed by atoms with Crippen LogP contribution >= 0.6 is 0 Å². The molecule has 4 nitrogen and oxygen atoms in total. The zero-order chi connectivity index (χ0) is 14.5. The van der Waals surface area contributed by atoms with E-state index in [-0.39, 0.29) is 24.5 Å². The standard InChI is InChI=1S/C16H24N2O2/c1-12(13-5-2-6-14(17)11-13)16(20)18-9-3-7-15(18)8-4-10-19/h2,5-6,11-12,15,19H,3-4,7-10,17H2,1H3. The number of benzene rings is 1. The van der Waals surface area contributed by atoms with Crippen LogP contribution in [0.15, 0.2) is 24.3 Å². The molecule has 110 valence electrons. The number of rotatable bonds is 5. The summed E-state index contributed by atoms with van der Waals surface area (Å²) in [6.07, 6.45) is 3.77. The maximum absolute atomic E-state index is 12.7. The quantitative estimate of drug-likeness (QED) is 0.810. The Morgan fingerprint density at radius 2 is 2.35 bits per heavy atom. The van der Waals surface area contributed by atoms with E-state index in [4.69, 9.17) is 10.8 Å². The predicted molar refractivity (Wildman–Crippen MR) is 80.3 cm³/mol. The van der Waals surface area contributed by atoms with E-state index in [1.807, 2.05) is 36.1 Å². The van der Waals surface area contributed by atoms with E-state index in [0.717, 1.165) is 37.8 Å². The first-order chi connectivity index (χ1) is 9.63. The van der Waals surface area contributed by atoms with Gasteiger partial charge in [0, 0.05) is 24.9 Å². The van der Waals surface area contributed by atoms with Crippen LogP contribution in [0, 0.1) is 0 Å². The summed E-state index contributed by atoms with van der Waals surface area (Å²) in [5.74, 6) is 0.0178. The Morgan fingerprint density at radius 1 is 1.55 bits per heavy atom. The molecule has 1 heterocycles. The summed E-state index contributed by atoms with van der Waals surface area (Å²) in [7, 11) is 0. The molecule has 0 aliphatic carbocycles. The van der Waals surface area contributed by atoms with Gasteiger partial charge in [-0.05, 0) is 50.3 Å². The van der Waals surface area contributed by atoms with Crippen LogP contribution in [0.25, 0.3) is 0 Å². The average molecular weight is 276 g/mol. The van der Waals surface area contributed by atoms with Crippen molar-refractivity contribution in [1.82, 2.24) is 4.90 Å². The summed E-state index contributed by atoms with van der Waals surface area (Å²) in [4.78, 5) is 14.6. The lowest BCUT2D eigenvalue weighted by Crippen LogP contribution is -2.38. The fraction of sp³-hybridized carbons (Fsp3) is 0.562. The highest BCUT2D eigenvalue weighted by atomic mass is 16.3. The number of nitrogen functional groups attached to an aromatic ring is 1. The normalized spacial score (nSPS) is 20.1. The summed E-state index contributed by atoms with van der Waals surface area (Å²) in [6, 6.07) is 7.85. The van der Waals surface area contributed by atoms with E-state index >= 15 is 0 Å². The van der Waals surface area contributed by atoms with Crippen molar-refractivity contribution < 1.29 is 9.90 Å². The second-order valence-electron chi connectivity index (χ2n) is 5.59. The lowest BCUT2D eigenvalue weighted by atomic mass is 9.98. The highest BCUT2D eigenvalue weighted by Crippen LogP contribution is 2.27. The number of carbonyl (C=O) groups excluding carboxylic acids is 1. The van der Waals surface area contributed by atoms with Crippen molar-refractivity contribution in [2.45, 2.75) is 44.6 Å². The molecule has 1 aromatic carbocycles. The molecule has 20 heavy (non-hydrogen) atoms. The molecule has 1 fully saturated rings. The van der Waals surface area contributed by atoms with Gasteiger partial charge in [0.2, 0.25) is 5.91 Å². The van der Waals surface area contributed by atoms with Gasteiger partial charge in [0.1, 0.15) is 0 Å². The van der Waals surface area contributed by atoms with Crippen LogP contribution < -0.4 is 5.73 Å². The van der Waals surface area contributed by atoms with E-state index in [0.29, 0.717) is 5.69 Å². The van der Waals surface area contributed by atoms with Crippen LogP contribution in [0.1, 0.15) is 44.1 Å². The molecule has 0 bridgehead atoms. The third-order valence-corrected chi connectivity index (χ3v) is 4.14. The van der Waals surface area contributed by atoms with Gasteiger partial charge in [-0.2, -0.15) is 0 Å². The van der Waals surface area contributed by atoms with Gasteiger partial charge in [0.15, 0.2) is 0 Å². The van der Waals surface area contributed by atoms with Crippen molar-refractivity contribution >= 4 is 11.6 Å². The van der Waals surface area contributed by atoms with E-state index in [1.165, 1.54) is 0 Å². The smallest absolute Gasteiger partial charge is 0.230 e. The lowest BCUT2D eigenvalue weighted by molar-refractivity contribution is -0.133. The van der Waals surface area contributed by atoms with E-state index < -0.39 is 0 Å². The summed E-state index contributed by atoms with van der Waals surface area (Å²) < 4.78 is 0. The molecule has 0 aromatic heterocycles. The highest BCUT2D eigenvalue weighted by Gasteiger charge is 2.31. The average Bonchev–Trinajstić information content (AvgIpc) is 2.91. The molecule has 3 N–H and O–H groups in total. The molecule has 1 amide bonds. The van der Waals surface area contributed by atoms with E-state index in [1.54, 1.807) is 0 Å². The molecule has 1 aromatic rings. The number of aliphatic hydroxyl groups is 1. The molecular weight excluding hydrogens is 252 g/mol. The first-order valence-corrected chi connectivity index (χ1v) is 7.40. The number of hydrogen-bond acceptors (Lipinski definition) is 3. The molecule has 1 aliphatic heterocycles. The fourth-order valence-electron chi connectivity index (χ4n) is 2.97. The largest absolute Gasteiger partial charge is 0.399 e. The van der Waals surface area contributed by atoms with Crippen LogP contribution in [0.3, 0.4) is 0 Å². The molecule has 0 spiro atoms. The minimum absolute atomic E-state index is 0.159. The van der Waals surface area contributed by atoms with Gasteiger partial charge in [0.05, 0.1) is 5.92 Å². The summed E-state index contributed by atoms with van der Waals surface area (Å²) in [6.45, 7) is 2.98. The van der Waals surface area contributed by atoms with Gasteiger partial charge in [-0.3, -0.25) is 4.79 Å². The van der Waals surface area contributed by atoms with Crippen molar-refractivity contribution in [3.05, 3.63) is 29.8 Å². The van der Waals surface area contributed by atoms with Crippen molar-refractivity contribution in [3.8, 4) is 0 Å². The van der Waals surface area contributed by atoms with Crippen molar-refractivity contribution in [3.63, 3.8) is 0 Å². The minimum atomic E-state index is -0.159. The molecule has 2 atom stereocenters. The SMILES string of the molecule is CC(C(=O)N1CCCC1CCCO)c1cccc(N)c1. The fourth-order valence-corrected chi connectivity index (χ4v) is 2.97. The number of aliphatic hydroxyl groups excluding tert-OH is 1. The number of nitrogens with two attached hydrogens (primary N) is 1. The summed E-state index contributed by atoms with van der Waals surface area (Å²) in [5, 5.41) is 8.95. The van der Waals surface area contributed by atoms with Gasteiger partial charge in [-0.1, -0.05) is 12.1 Å². The van der Waals surface area contributed by atoms with Crippen LogP contribution in [0.2, 0.25) is 0 Å². The Labute approximate surface area is 120 Å². The molecule has 4 heteroatoms. The van der Waals surface area contributed by atoms with Crippen molar-refractivity contribution in [2.24, 2.45) is 0 Å². The Morgan fingerprint density at radius 3 is 3.05 bits per heavy atom. The second kappa shape index (κ2) is 6.75. The third kappa shape index (κ3) is 3.31. The molecule has 0 radical (unpaired) electrons. The number of amides is 1. The van der Waals surface area contributed by atoms with E-state index in [2.05, 4.69) is 0 Å². The number of hydrogen-bond donors (Lipinski definition) is 2. The molecule has 1 aliphatic rings. The monoisotopic (exact) mass is 276 g/mol. The lowest BCUT2D eigenvalue weighted by Gasteiger charge is -2.27. The van der Waals surface area contributed by atoms with Gasteiger partial charge in [-0.15, -0.1) is 0 Å². The molecule has 1 saturated heterocycles. The maximum Gasteiger partial charge on any atom is 0.230 e. The summed E-state index contributed by atoms with van der Waals surface area (Å²) in [5.41, 5.74) is 7.46.